The highest BCUT2D eigenvalue weighted by Crippen LogP contribution is 2.17. The molecule has 0 aromatic heterocycles. The van der Waals surface area contributed by atoms with Gasteiger partial charge in [-0.05, 0) is 56.8 Å². The van der Waals surface area contributed by atoms with Gasteiger partial charge in [0.2, 0.25) is 5.91 Å². The number of ether oxygens (including phenoxy) is 2. The lowest BCUT2D eigenvalue weighted by atomic mass is 9.96. The van der Waals surface area contributed by atoms with Gasteiger partial charge in [0.05, 0.1) is 0 Å². The normalized spacial score (nSPS) is 17.4. The third-order valence-electron chi connectivity index (χ3n) is 6.72. The van der Waals surface area contributed by atoms with E-state index in [-0.39, 0.29) is 11.9 Å². The molecule has 1 aromatic rings. The van der Waals surface area contributed by atoms with Gasteiger partial charge in [-0.1, -0.05) is 31.4 Å². The topological polar surface area (TPSA) is 91.9 Å². The van der Waals surface area contributed by atoms with Crippen LogP contribution in [-0.4, -0.2) is 68.9 Å². The highest BCUT2D eigenvalue weighted by molar-refractivity contribution is 5.76. The van der Waals surface area contributed by atoms with Crippen LogP contribution in [0.5, 0.6) is 5.75 Å². The molecule has 0 radical (unpaired) electrons. The summed E-state index contributed by atoms with van der Waals surface area (Å²) in [6.07, 6.45) is 8.94. The average molecular weight is 475 g/mol. The van der Waals surface area contributed by atoms with Gasteiger partial charge >= 0.3 is 6.03 Å². The zero-order chi connectivity index (χ0) is 24.0. The van der Waals surface area contributed by atoms with Crippen LogP contribution < -0.4 is 20.7 Å². The van der Waals surface area contributed by atoms with Crippen molar-refractivity contribution >= 4 is 11.9 Å². The van der Waals surface area contributed by atoms with Gasteiger partial charge in [-0.15, -0.1) is 0 Å². The van der Waals surface area contributed by atoms with Crippen molar-refractivity contribution in [3.05, 3.63) is 29.8 Å². The highest BCUT2D eigenvalue weighted by atomic mass is 16.5. The molecule has 1 saturated heterocycles. The Labute approximate surface area is 204 Å². The number of likely N-dealkylation sites (N-methyl/N-ethyl adjacent to an activating group) is 1. The van der Waals surface area contributed by atoms with E-state index in [0.717, 1.165) is 56.8 Å². The second-order valence-corrected chi connectivity index (χ2v) is 9.44. The molecule has 190 valence electrons. The summed E-state index contributed by atoms with van der Waals surface area (Å²) in [5.41, 5.74) is 1.01. The number of hydrogen-bond acceptors (Lipinski definition) is 5. The van der Waals surface area contributed by atoms with Gasteiger partial charge in [0, 0.05) is 51.4 Å². The molecule has 0 unspecified atom stereocenters. The molecule has 0 bridgehead atoms. The lowest BCUT2D eigenvalue weighted by Gasteiger charge is -2.31. The highest BCUT2D eigenvalue weighted by Gasteiger charge is 2.18. The number of carbonyl (C=O) groups excluding carboxylic acids is 2. The molecule has 8 heteroatoms. The lowest BCUT2D eigenvalue weighted by Crippen LogP contribution is -2.43. The standard InChI is InChI=1S/C26H42N4O4/c1-30(23-12-16-33-17-13-23)15-18-34-24-10-5-7-21(19-24)20-28-25(31)11-6-14-27-26(32)29-22-8-3-2-4-9-22/h5,7,10,19,22-23H,2-4,6,8-9,11-18,20H2,1H3,(H,28,31)(H2,27,29,32). The first-order chi connectivity index (χ1) is 16.6. The van der Waals surface area contributed by atoms with Gasteiger partial charge in [0.1, 0.15) is 12.4 Å². The van der Waals surface area contributed by atoms with E-state index in [4.69, 9.17) is 9.47 Å². The number of hydrogen-bond donors (Lipinski definition) is 3. The maximum Gasteiger partial charge on any atom is 0.315 e. The van der Waals surface area contributed by atoms with Gasteiger partial charge in [0.15, 0.2) is 0 Å². The summed E-state index contributed by atoms with van der Waals surface area (Å²) in [5, 5.41) is 8.84. The number of urea groups is 1. The molecule has 0 atom stereocenters. The fraction of sp³-hybridized carbons (Fsp3) is 0.692. The van der Waals surface area contributed by atoms with Crippen molar-refractivity contribution in [3.8, 4) is 5.75 Å². The lowest BCUT2D eigenvalue weighted by molar-refractivity contribution is -0.121. The van der Waals surface area contributed by atoms with Crippen LogP contribution >= 0.6 is 0 Å². The molecule has 3 rings (SSSR count). The van der Waals surface area contributed by atoms with Gasteiger partial charge < -0.3 is 25.4 Å². The summed E-state index contributed by atoms with van der Waals surface area (Å²) in [6.45, 7) is 4.15. The van der Waals surface area contributed by atoms with Crippen molar-refractivity contribution in [1.29, 1.82) is 0 Å². The van der Waals surface area contributed by atoms with E-state index in [9.17, 15) is 9.59 Å². The van der Waals surface area contributed by atoms with Crippen LogP contribution in [0.2, 0.25) is 0 Å². The minimum Gasteiger partial charge on any atom is -0.492 e. The molecular weight excluding hydrogens is 432 g/mol. The molecule has 1 aliphatic heterocycles. The number of benzene rings is 1. The predicted molar refractivity (Wildman–Crippen MR) is 133 cm³/mol. The number of amides is 3. The monoisotopic (exact) mass is 474 g/mol. The second-order valence-electron chi connectivity index (χ2n) is 9.44. The largest absolute Gasteiger partial charge is 0.492 e. The van der Waals surface area contributed by atoms with Crippen LogP contribution in [0.4, 0.5) is 4.79 Å². The Kier molecular flexibility index (Phi) is 11.5. The van der Waals surface area contributed by atoms with E-state index >= 15 is 0 Å². The molecule has 1 heterocycles. The zero-order valence-electron chi connectivity index (χ0n) is 20.7. The Morgan fingerprint density at radius 2 is 1.88 bits per heavy atom. The minimum atomic E-state index is -0.122. The molecule has 1 aromatic carbocycles. The molecule has 8 nitrogen and oxygen atoms in total. The Morgan fingerprint density at radius 3 is 2.68 bits per heavy atom. The Hall–Kier alpha value is -2.32. The van der Waals surface area contributed by atoms with Crippen molar-refractivity contribution in [2.24, 2.45) is 0 Å². The van der Waals surface area contributed by atoms with Crippen LogP contribution in [0.1, 0.15) is 63.4 Å². The molecule has 1 aliphatic carbocycles. The fourth-order valence-corrected chi connectivity index (χ4v) is 4.58. The van der Waals surface area contributed by atoms with Crippen molar-refractivity contribution in [1.82, 2.24) is 20.9 Å². The first-order valence-electron chi connectivity index (χ1n) is 12.9. The average Bonchev–Trinajstić information content (AvgIpc) is 2.87. The van der Waals surface area contributed by atoms with Crippen molar-refractivity contribution in [3.63, 3.8) is 0 Å². The van der Waals surface area contributed by atoms with E-state index in [0.29, 0.717) is 44.6 Å². The predicted octanol–water partition coefficient (Wildman–Crippen LogP) is 3.20. The molecule has 2 aliphatic rings. The van der Waals surface area contributed by atoms with E-state index in [1.54, 1.807) is 0 Å². The van der Waals surface area contributed by atoms with E-state index in [1.165, 1.54) is 19.3 Å². The quantitative estimate of drug-likeness (QED) is 0.405. The van der Waals surface area contributed by atoms with Crippen LogP contribution in [0.25, 0.3) is 0 Å². The van der Waals surface area contributed by atoms with Gasteiger partial charge in [-0.25, -0.2) is 4.79 Å². The summed E-state index contributed by atoms with van der Waals surface area (Å²) in [5.74, 6) is 0.805. The van der Waals surface area contributed by atoms with Crippen LogP contribution in [0, 0.1) is 0 Å². The molecule has 3 N–H and O–H groups in total. The Morgan fingerprint density at radius 1 is 1.09 bits per heavy atom. The third kappa shape index (κ3) is 9.89. The molecule has 2 fully saturated rings. The van der Waals surface area contributed by atoms with E-state index in [2.05, 4.69) is 27.9 Å². The summed E-state index contributed by atoms with van der Waals surface area (Å²) in [4.78, 5) is 26.5. The maximum atomic E-state index is 12.2. The molecule has 1 saturated carbocycles. The Balaban J connectivity index is 1.25. The molecule has 0 spiro atoms. The molecule has 34 heavy (non-hydrogen) atoms. The Bertz CT molecular complexity index is 748. The summed E-state index contributed by atoms with van der Waals surface area (Å²) in [6, 6.07) is 8.61. The van der Waals surface area contributed by atoms with Crippen LogP contribution in [0.15, 0.2) is 24.3 Å². The van der Waals surface area contributed by atoms with Gasteiger partial charge in [0.25, 0.3) is 0 Å². The zero-order valence-corrected chi connectivity index (χ0v) is 20.7. The maximum absolute atomic E-state index is 12.2. The van der Waals surface area contributed by atoms with Crippen LogP contribution in [-0.2, 0) is 16.1 Å². The first-order valence-corrected chi connectivity index (χ1v) is 12.9. The third-order valence-corrected chi connectivity index (χ3v) is 6.72. The van der Waals surface area contributed by atoms with E-state index in [1.807, 2.05) is 24.3 Å². The SMILES string of the molecule is CN(CCOc1cccc(CNC(=O)CCCNC(=O)NC2CCCCC2)c1)C1CCOCC1. The number of rotatable bonds is 12. The van der Waals surface area contributed by atoms with Gasteiger partial charge in [-0.2, -0.15) is 0 Å². The minimum absolute atomic E-state index is 0.0149. The first kappa shape index (κ1) is 26.3. The van der Waals surface area contributed by atoms with Crippen LogP contribution in [0.3, 0.4) is 0 Å². The van der Waals surface area contributed by atoms with Gasteiger partial charge in [-0.3, -0.25) is 9.69 Å². The number of nitrogens with one attached hydrogen (secondary N) is 3. The fourth-order valence-electron chi connectivity index (χ4n) is 4.58. The second kappa shape index (κ2) is 14.8. The van der Waals surface area contributed by atoms with Crippen molar-refractivity contribution < 1.29 is 19.1 Å². The number of nitrogens with zero attached hydrogens (tertiary/aromatic N) is 1. The van der Waals surface area contributed by atoms with Crippen molar-refractivity contribution in [2.75, 3.05) is 40.0 Å². The smallest absolute Gasteiger partial charge is 0.315 e. The summed E-state index contributed by atoms with van der Waals surface area (Å²) >= 11 is 0. The number of carbonyl (C=O) groups is 2. The summed E-state index contributed by atoms with van der Waals surface area (Å²) < 4.78 is 11.4. The van der Waals surface area contributed by atoms with Crippen molar-refractivity contribution in [2.45, 2.75) is 76.4 Å². The summed E-state index contributed by atoms with van der Waals surface area (Å²) in [7, 11) is 2.14. The van der Waals surface area contributed by atoms with E-state index < -0.39 is 0 Å². The molecule has 3 amide bonds. The molecular formula is C26H42N4O4.